The first kappa shape index (κ1) is 20.4. The van der Waals surface area contributed by atoms with Gasteiger partial charge in [0.15, 0.2) is 0 Å². The largest absolute Gasteiger partial charge is 0.327 e. The van der Waals surface area contributed by atoms with Crippen molar-refractivity contribution in [3.05, 3.63) is 23.8 Å². The molecule has 4 N–H and O–H groups in total. The van der Waals surface area contributed by atoms with Gasteiger partial charge in [0.25, 0.3) is 0 Å². The zero-order valence-corrected chi connectivity index (χ0v) is 14.6. The van der Waals surface area contributed by atoms with Gasteiger partial charge in [-0.2, -0.15) is 0 Å². The smallest absolute Gasteiger partial charge is 0.229 e. The fourth-order valence-corrected chi connectivity index (χ4v) is 1.65. The van der Waals surface area contributed by atoms with Gasteiger partial charge in [-0.3, -0.25) is 9.59 Å². The minimum Gasteiger partial charge on any atom is -0.327 e. The third kappa shape index (κ3) is 6.45. The molecule has 0 aliphatic heterocycles. The van der Waals surface area contributed by atoms with Gasteiger partial charge in [0.05, 0.1) is 0 Å². The first-order valence-corrected chi connectivity index (χ1v) is 7.07. The summed E-state index contributed by atoms with van der Waals surface area (Å²) in [5.41, 5.74) is 7.42. The van der Waals surface area contributed by atoms with Crippen molar-refractivity contribution < 1.29 is 9.59 Å². The van der Waals surface area contributed by atoms with Crippen LogP contribution in [0.1, 0.15) is 39.7 Å². The van der Waals surface area contributed by atoms with Crippen molar-refractivity contribution in [2.75, 3.05) is 10.6 Å². The number of amides is 2. The van der Waals surface area contributed by atoms with Crippen molar-refractivity contribution in [1.82, 2.24) is 0 Å². The van der Waals surface area contributed by atoms with E-state index < -0.39 is 5.41 Å². The van der Waals surface area contributed by atoms with Crippen LogP contribution in [0.15, 0.2) is 18.2 Å². The number of hydrogen-bond donors (Lipinski definition) is 3. The van der Waals surface area contributed by atoms with Gasteiger partial charge in [0, 0.05) is 29.3 Å². The molecular formula is C16H26ClN3O2. The summed E-state index contributed by atoms with van der Waals surface area (Å²) in [5.74, 6) is -0.202. The van der Waals surface area contributed by atoms with E-state index in [2.05, 4.69) is 10.6 Å². The number of aryl methyl sites for hydroxylation is 1. The summed E-state index contributed by atoms with van der Waals surface area (Å²) in [7, 11) is 0. The summed E-state index contributed by atoms with van der Waals surface area (Å²) >= 11 is 0. The third-order valence-electron chi connectivity index (χ3n) is 2.96. The summed E-state index contributed by atoms with van der Waals surface area (Å²) in [6.07, 6.45) is 0.261. The van der Waals surface area contributed by atoms with E-state index in [-0.39, 0.29) is 36.7 Å². The summed E-state index contributed by atoms with van der Waals surface area (Å²) in [6.45, 7) is 9.25. The van der Waals surface area contributed by atoms with Gasteiger partial charge in [-0.25, -0.2) is 0 Å². The minimum absolute atomic E-state index is 0. The molecule has 22 heavy (non-hydrogen) atoms. The maximum absolute atomic E-state index is 12.1. The first-order valence-electron chi connectivity index (χ1n) is 7.07. The lowest BCUT2D eigenvalue weighted by atomic mass is 9.95. The molecule has 0 saturated carbocycles. The number of benzene rings is 1. The van der Waals surface area contributed by atoms with Crippen molar-refractivity contribution in [1.29, 1.82) is 0 Å². The van der Waals surface area contributed by atoms with Gasteiger partial charge >= 0.3 is 0 Å². The molecule has 0 radical (unpaired) electrons. The van der Waals surface area contributed by atoms with Gasteiger partial charge in [0.2, 0.25) is 11.8 Å². The molecule has 0 fully saturated rings. The van der Waals surface area contributed by atoms with Gasteiger partial charge in [-0.1, -0.05) is 26.8 Å². The minimum atomic E-state index is -0.472. The Morgan fingerprint density at radius 3 is 2.32 bits per heavy atom. The molecule has 0 aromatic heterocycles. The highest BCUT2D eigenvalue weighted by Gasteiger charge is 2.21. The van der Waals surface area contributed by atoms with Crippen LogP contribution in [0.25, 0.3) is 0 Å². The number of anilines is 2. The summed E-state index contributed by atoms with van der Waals surface area (Å²) in [6, 6.07) is 5.24. The fourth-order valence-electron chi connectivity index (χ4n) is 1.65. The zero-order chi connectivity index (χ0) is 16.2. The predicted octanol–water partition coefficient (Wildman–Crippen LogP) is 3.08. The summed E-state index contributed by atoms with van der Waals surface area (Å²) in [4.78, 5) is 23.8. The standard InChI is InChI=1S/C16H25N3O2.ClH/c1-10-6-7-12(18-14(20)8-11(2)17)9-13(10)19-15(21)16(3,4)5;/h6-7,9,11H,8,17H2,1-5H3,(H,18,20)(H,19,21);1H. The molecule has 0 aliphatic carbocycles. The Hall–Kier alpha value is -1.59. The van der Waals surface area contributed by atoms with Crippen LogP contribution in [0.4, 0.5) is 11.4 Å². The number of carbonyl (C=O) groups excluding carboxylic acids is 2. The van der Waals surface area contributed by atoms with Crippen LogP contribution in [-0.2, 0) is 9.59 Å². The maximum atomic E-state index is 12.1. The maximum Gasteiger partial charge on any atom is 0.229 e. The molecule has 0 bridgehead atoms. The van der Waals surface area contributed by atoms with Crippen LogP contribution >= 0.6 is 12.4 Å². The molecular weight excluding hydrogens is 302 g/mol. The number of nitrogens with one attached hydrogen (secondary N) is 2. The number of rotatable bonds is 4. The van der Waals surface area contributed by atoms with Crippen molar-refractivity contribution in [3.63, 3.8) is 0 Å². The lowest BCUT2D eigenvalue weighted by molar-refractivity contribution is -0.123. The second-order valence-electron chi connectivity index (χ2n) is 6.46. The Morgan fingerprint density at radius 1 is 1.23 bits per heavy atom. The lowest BCUT2D eigenvalue weighted by Gasteiger charge is -2.19. The van der Waals surface area contributed by atoms with Crippen LogP contribution in [0, 0.1) is 12.3 Å². The molecule has 0 aliphatic rings. The van der Waals surface area contributed by atoms with Crippen molar-refractivity contribution in [3.8, 4) is 0 Å². The highest BCUT2D eigenvalue weighted by molar-refractivity contribution is 5.97. The molecule has 6 heteroatoms. The van der Waals surface area contributed by atoms with Crippen molar-refractivity contribution >= 4 is 35.6 Å². The zero-order valence-electron chi connectivity index (χ0n) is 13.8. The Bertz CT molecular complexity index is 537. The summed E-state index contributed by atoms with van der Waals surface area (Å²) in [5, 5.41) is 5.67. The number of carbonyl (C=O) groups is 2. The average Bonchev–Trinajstić information content (AvgIpc) is 2.31. The highest BCUT2D eigenvalue weighted by Crippen LogP contribution is 2.23. The third-order valence-corrected chi connectivity index (χ3v) is 2.96. The molecule has 124 valence electrons. The number of halogens is 1. The van der Waals surface area contributed by atoms with Gasteiger partial charge < -0.3 is 16.4 Å². The summed E-state index contributed by atoms with van der Waals surface area (Å²) < 4.78 is 0. The van der Waals surface area contributed by atoms with E-state index in [0.717, 1.165) is 5.56 Å². The van der Waals surface area contributed by atoms with Crippen molar-refractivity contribution in [2.45, 2.75) is 47.1 Å². The predicted molar refractivity (Wildman–Crippen MR) is 93.4 cm³/mol. The lowest BCUT2D eigenvalue weighted by Crippen LogP contribution is -2.28. The van der Waals surface area contributed by atoms with Crippen LogP contribution in [-0.4, -0.2) is 17.9 Å². The number of nitrogens with two attached hydrogens (primary N) is 1. The van der Waals surface area contributed by atoms with E-state index in [0.29, 0.717) is 11.4 Å². The van der Waals surface area contributed by atoms with Crippen LogP contribution in [0.3, 0.4) is 0 Å². The molecule has 1 unspecified atom stereocenters. The van der Waals surface area contributed by atoms with E-state index in [4.69, 9.17) is 5.73 Å². The van der Waals surface area contributed by atoms with Crippen LogP contribution in [0.5, 0.6) is 0 Å². The molecule has 2 amide bonds. The molecule has 1 atom stereocenters. The van der Waals surface area contributed by atoms with E-state index in [9.17, 15) is 9.59 Å². The fraction of sp³-hybridized carbons (Fsp3) is 0.500. The monoisotopic (exact) mass is 327 g/mol. The number of hydrogen-bond acceptors (Lipinski definition) is 3. The second kappa shape index (κ2) is 8.15. The topological polar surface area (TPSA) is 84.2 Å². The van der Waals surface area contributed by atoms with Gasteiger partial charge in [-0.15, -0.1) is 12.4 Å². The molecule has 0 saturated heterocycles. The molecule has 1 rings (SSSR count). The quantitative estimate of drug-likeness (QED) is 0.794. The van der Waals surface area contributed by atoms with Crippen molar-refractivity contribution in [2.24, 2.45) is 11.1 Å². The average molecular weight is 328 g/mol. The van der Waals surface area contributed by atoms with E-state index in [1.54, 1.807) is 19.1 Å². The Balaban J connectivity index is 0.00000441. The normalized spacial score (nSPS) is 12.1. The second-order valence-corrected chi connectivity index (χ2v) is 6.46. The van der Waals surface area contributed by atoms with Gasteiger partial charge in [0.1, 0.15) is 0 Å². The molecule has 5 nitrogen and oxygen atoms in total. The molecule has 1 aromatic rings. The Kier molecular flexibility index (Phi) is 7.56. The van der Waals surface area contributed by atoms with E-state index in [1.807, 2.05) is 33.8 Å². The Labute approximate surface area is 138 Å². The van der Waals surface area contributed by atoms with E-state index in [1.165, 1.54) is 0 Å². The molecule has 1 aromatic carbocycles. The molecule has 0 heterocycles. The SMILES string of the molecule is Cc1ccc(NC(=O)CC(C)N)cc1NC(=O)C(C)(C)C.Cl. The molecule has 0 spiro atoms. The van der Waals surface area contributed by atoms with E-state index >= 15 is 0 Å². The van der Waals surface area contributed by atoms with Crippen LogP contribution in [0.2, 0.25) is 0 Å². The highest BCUT2D eigenvalue weighted by atomic mass is 35.5. The Morgan fingerprint density at radius 2 is 1.82 bits per heavy atom. The van der Waals surface area contributed by atoms with Gasteiger partial charge in [-0.05, 0) is 31.5 Å². The van der Waals surface area contributed by atoms with Crippen LogP contribution < -0.4 is 16.4 Å². The first-order chi connectivity index (χ1) is 9.59.